The number of furan rings is 1. The van der Waals surface area contributed by atoms with Gasteiger partial charge >= 0.3 is 0 Å². The number of nitrogens with one attached hydrogen (secondary N) is 2. The Morgan fingerprint density at radius 2 is 2.15 bits per heavy atom. The molecule has 2 aliphatic carbocycles. The molecule has 0 bridgehead atoms. The minimum Gasteiger partial charge on any atom is -0.454 e. The monoisotopic (exact) mass is 362 g/mol. The Labute approximate surface area is 154 Å². The summed E-state index contributed by atoms with van der Waals surface area (Å²) in [6.07, 6.45) is 7.67. The van der Waals surface area contributed by atoms with Crippen molar-refractivity contribution >= 4 is 11.9 Å². The molecule has 2 aliphatic rings. The number of nitrogens with zero attached hydrogens (tertiary/aromatic N) is 1. The van der Waals surface area contributed by atoms with E-state index in [-0.39, 0.29) is 11.2 Å². The summed E-state index contributed by atoms with van der Waals surface area (Å²) in [5.41, 5.74) is 5.45. The van der Waals surface area contributed by atoms with Crippen LogP contribution in [0.2, 0.25) is 0 Å². The van der Waals surface area contributed by atoms with E-state index in [1.807, 2.05) is 0 Å². The number of hydrogen-bond donors (Lipinski definition) is 3. The van der Waals surface area contributed by atoms with Gasteiger partial charge in [-0.1, -0.05) is 19.3 Å². The lowest BCUT2D eigenvalue weighted by molar-refractivity contribution is -0.145. The summed E-state index contributed by atoms with van der Waals surface area (Å²) in [4.78, 5) is 15.5. The topological polar surface area (TPSA) is 102 Å². The molecule has 1 aromatic heterocycles. The van der Waals surface area contributed by atoms with Crippen LogP contribution >= 0.6 is 0 Å². The molecular weight excluding hydrogens is 332 g/mol. The van der Waals surface area contributed by atoms with Crippen molar-refractivity contribution in [3.8, 4) is 0 Å². The highest BCUT2D eigenvalue weighted by atomic mass is 16.5. The van der Waals surface area contributed by atoms with Gasteiger partial charge < -0.3 is 25.5 Å². The molecule has 7 heteroatoms. The zero-order valence-electron chi connectivity index (χ0n) is 15.7. The van der Waals surface area contributed by atoms with Crippen molar-refractivity contribution in [1.29, 1.82) is 0 Å². The summed E-state index contributed by atoms with van der Waals surface area (Å²) in [6.45, 7) is 3.29. The van der Waals surface area contributed by atoms with Gasteiger partial charge in [0.1, 0.15) is 5.76 Å². The van der Waals surface area contributed by atoms with E-state index < -0.39 is 5.91 Å². The number of ether oxygens (including phenoxy) is 1. The maximum Gasteiger partial charge on any atom is 0.284 e. The number of hydrogen-bond acceptors (Lipinski definition) is 4. The lowest BCUT2D eigenvalue weighted by Gasteiger charge is -2.57. The van der Waals surface area contributed by atoms with E-state index in [0.29, 0.717) is 24.5 Å². The predicted molar refractivity (Wildman–Crippen MR) is 99.9 cm³/mol. The third kappa shape index (κ3) is 3.72. The lowest BCUT2D eigenvalue weighted by atomic mass is 9.55. The van der Waals surface area contributed by atoms with E-state index in [2.05, 4.69) is 22.5 Å². The summed E-state index contributed by atoms with van der Waals surface area (Å²) in [5.74, 6) is 1.00. The van der Waals surface area contributed by atoms with Crippen LogP contribution in [0.3, 0.4) is 0 Å². The van der Waals surface area contributed by atoms with Gasteiger partial charge in [-0.25, -0.2) is 0 Å². The Balaban J connectivity index is 1.58. The van der Waals surface area contributed by atoms with Gasteiger partial charge in [0.15, 0.2) is 11.7 Å². The van der Waals surface area contributed by atoms with Crippen LogP contribution in [0.5, 0.6) is 0 Å². The van der Waals surface area contributed by atoms with Crippen molar-refractivity contribution in [2.24, 2.45) is 16.1 Å². The molecule has 2 atom stereocenters. The number of carbonyl (C=O) groups is 1. The lowest BCUT2D eigenvalue weighted by Crippen LogP contribution is -2.66. The molecule has 0 aliphatic heterocycles. The molecule has 0 radical (unpaired) electrons. The molecule has 3 rings (SSSR count). The van der Waals surface area contributed by atoms with Crippen molar-refractivity contribution in [3.05, 3.63) is 23.7 Å². The molecule has 144 valence electrons. The van der Waals surface area contributed by atoms with Gasteiger partial charge in [0.05, 0.1) is 12.6 Å². The second-order valence-corrected chi connectivity index (χ2v) is 7.23. The maximum absolute atomic E-state index is 11.1. The van der Waals surface area contributed by atoms with Crippen LogP contribution in [0.15, 0.2) is 21.5 Å². The fourth-order valence-electron chi connectivity index (χ4n) is 4.40. The Bertz CT molecular complexity index is 649. The molecule has 26 heavy (non-hydrogen) atoms. The zero-order chi connectivity index (χ0) is 18.6. The van der Waals surface area contributed by atoms with Crippen molar-refractivity contribution in [1.82, 2.24) is 10.6 Å². The normalized spacial score (nSPS) is 24.9. The molecule has 1 aromatic rings. The number of primary amides is 1. The molecule has 2 saturated carbocycles. The highest BCUT2D eigenvalue weighted by Gasteiger charge is 2.55. The number of carbonyl (C=O) groups excluding carboxylic acids is 1. The summed E-state index contributed by atoms with van der Waals surface area (Å²) in [5, 5.41) is 6.84. The van der Waals surface area contributed by atoms with Crippen molar-refractivity contribution in [3.63, 3.8) is 0 Å². The molecule has 4 N–H and O–H groups in total. The molecule has 0 aromatic carbocycles. The molecule has 1 heterocycles. The van der Waals surface area contributed by atoms with Gasteiger partial charge in [-0.15, -0.1) is 0 Å². The maximum atomic E-state index is 11.1. The van der Waals surface area contributed by atoms with Crippen LogP contribution in [0.25, 0.3) is 0 Å². The molecule has 1 amide bonds. The van der Waals surface area contributed by atoms with E-state index in [1.165, 1.54) is 32.1 Å². The highest BCUT2D eigenvalue weighted by molar-refractivity contribution is 5.89. The smallest absolute Gasteiger partial charge is 0.284 e. The minimum absolute atomic E-state index is 0.171. The van der Waals surface area contributed by atoms with E-state index in [1.54, 1.807) is 19.2 Å². The van der Waals surface area contributed by atoms with Gasteiger partial charge in [-0.3, -0.25) is 9.79 Å². The van der Waals surface area contributed by atoms with Crippen LogP contribution in [0.4, 0.5) is 0 Å². The number of rotatable bonds is 6. The summed E-state index contributed by atoms with van der Waals surface area (Å²) in [7, 11) is 1.76. The third-order valence-electron chi connectivity index (χ3n) is 5.81. The van der Waals surface area contributed by atoms with E-state index in [9.17, 15) is 4.79 Å². The second-order valence-electron chi connectivity index (χ2n) is 7.23. The summed E-state index contributed by atoms with van der Waals surface area (Å²) < 4.78 is 11.4. The van der Waals surface area contributed by atoms with Gasteiger partial charge in [0, 0.05) is 25.1 Å². The first-order chi connectivity index (χ1) is 12.6. The zero-order valence-corrected chi connectivity index (χ0v) is 15.7. The van der Waals surface area contributed by atoms with E-state index in [0.717, 1.165) is 19.0 Å². The predicted octanol–water partition coefficient (Wildman–Crippen LogP) is 2.17. The SMILES string of the molecule is CCOC1CC(NC(=NC)NCc2ccc(C(N)=O)o2)C12CCCCC2. The summed E-state index contributed by atoms with van der Waals surface area (Å²) >= 11 is 0. The molecule has 7 nitrogen and oxygen atoms in total. The van der Waals surface area contributed by atoms with Gasteiger partial charge in [0.25, 0.3) is 5.91 Å². The van der Waals surface area contributed by atoms with E-state index >= 15 is 0 Å². The first-order valence-electron chi connectivity index (χ1n) is 9.56. The Hall–Kier alpha value is -2.02. The number of amides is 1. The van der Waals surface area contributed by atoms with Crippen LogP contribution in [0.1, 0.15) is 61.8 Å². The quantitative estimate of drug-likeness (QED) is 0.532. The second kappa shape index (κ2) is 8.12. The van der Waals surface area contributed by atoms with Crippen LogP contribution in [-0.2, 0) is 11.3 Å². The number of guanidine groups is 1. The molecule has 1 spiro atoms. The minimum atomic E-state index is -0.561. The van der Waals surface area contributed by atoms with Gasteiger partial charge in [-0.2, -0.15) is 0 Å². The van der Waals surface area contributed by atoms with Crippen molar-refractivity contribution < 1.29 is 13.9 Å². The molecule has 2 fully saturated rings. The Morgan fingerprint density at radius 3 is 2.77 bits per heavy atom. The third-order valence-corrected chi connectivity index (χ3v) is 5.81. The summed E-state index contributed by atoms with van der Waals surface area (Å²) in [6, 6.07) is 3.71. The molecular formula is C19H30N4O3. The molecule has 0 saturated heterocycles. The average Bonchev–Trinajstić information content (AvgIpc) is 3.13. The fraction of sp³-hybridized carbons (Fsp3) is 0.684. The van der Waals surface area contributed by atoms with Crippen LogP contribution < -0.4 is 16.4 Å². The first-order valence-corrected chi connectivity index (χ1v) is 9.56. The molecule has 2 unspecified atom stereocenters. The van der Waals surface area contributed by atoms with Crippen LogP contribution in [-0.4, -0.2) is 37.7 Å². The largest absolute Gasteiger partial charge is 0.454 e. The Morgan fingerprint density at radius 1 is 1.38 bits per heavy atom. The standard InChI is InChI=1S/C19H30N4O3/c1-3-25-16-11-15(19(16)9-5-4-6-10-19)23-18(21-2)22-12-13-7-8-14(26-13)17(20)24/h7-8,15-16H,3-6,9-12H2,1-2H3,(H2,20,24)(H2,21,22,23). The van der Waals surface area contributed by atoms with Gasteiger partial charge in [-0.05, 0) is 38.3 Å². The van der Waals surface area contributed by atoms with E-state index in [4.69, 9.17) is 14.9 Å². The van der Waals surface area contributed by atoms with Crippen molar-refractivity contribution in [2.75, 3.05) is 13.7 Å². The first kappa shape index (κ1) is 18.8. The fourth-order valence-corrected chi connectivity index (χ4v) is 4.40. The highest BCUT2D eigenvalue weighted by Crippen LogP contribution is 2.53. The Kier molecular flexibility index (Phi) is 5.86. The number of aliphatic imine (C=N–C) groups is 1. The van der Waals surface area contributed by atoms with Crippen LogP contribution in [0, 0.1) is 5.41 Å². The average molecular weight is 362 g/mol. The van der Waals surface area contributed by atoms with Crippen molar-refractivity contribution in [2.45, 2.75) is 64.1 Å². The number of nitrogens with two attached hydrogens (primary N) is 1. The van der Waals surface area contributed by atoms with Gasteiger partial charge in [0.2, 0.25) is 0 Å².